The zero-order valence-electron chi connectivity index (χ0n) is 8.98. The first-order valence-corrected chi connectivity index (χ1v) is 5.49. The Morgan fingerprint density at radius 1 is 1.33 bits per heavy atom. The van der Waals surface area contributed by atoms with Gasteiger partial charge >= 0.3 is 11.9 Å². The SMILES string of the molecule is CC[C@H]1CC[C@@H]([C@@H](CC(=O)O)C(=O)O)C1. The number of carboxylic acid groups (broad SMARTS) is 2. The molecule has 86 valence electrons. The Kier molecular flexibility index (Phi) is 4.12. The summed E-state index contributed by atoms with van der Waals surface area (Å²) in [5.74, 6) is -2.02. The van der Waals surface area contributed by atoms with Crippen LogP contribution in [0.3, 0.4) is 0 Å². The molecule has 15 heavy (non-hydrogen) atoms. The summed E-state index contributed by atoms with van der Waals surface area (Å²) in [7, 11) is 0. The van der Waals surface area contributed by atoms with E-state index < -0.39 is 17.9 Å². The monoisotopic (exact) mass is 214 g/mol. The molecule has 0 aliphatic heterocycles. The zero-order valence-corrected chi connectivity index (χ0v) is 8.98. The highest BCUT2D eigenvalue weighted by atomic mass is 16.4. The van der Waals surface area contributed by atoms with Crippen molar-refractivity contribution < 1.29 is 19.8 Å². The predicted octanol–water partition coefficient (Wildman–Crippen LogP) is 1.99. The van der Waals surface area contributed by atoms with E-state index in [0.29, 0.717) is 5.92 Å². The average Bonchev–Trinajstić information content (AvgIpc) is 2.61. The van der Waals surface area contributed by atoms with E-state index in [1.54, 1.807) is 0 Å². The molecule has 0 aromatic carbocycles. The van der Waals surface area contributed by atoms with E-state index in [2.05, 4.69) is 6.92 Å². The molecule has 0 unspecified atom stereocenters. The van der Waals surface area contributed by atoms with Gasteiger partial charge in [-0.1, -0.05) is 19.8 Å². The first kappa shape index (κ1) is 12.0. The molecule has 1 rings (SSSR count). The minimum atomic E-state index is -1.01. The maximum absolute atomic E-state index is 11.0. The van der Waals surface area contributed by atoms with Crippen molar-refractivity contribution in [3.8, 4) is 0 Å². The van der Waals surface area contributed by atoms with Crippen molar-refractivity contribution in [2.45, 2.75) is 39.0 Å². The average molecular weight is 214 g/mol. The van der Waals surface area contributed by atoms with Gasteiger partial charge in [0.2, 0.25) is 0 Å². The Morgan fingerprint density at radius 2 is 2.00 bits per heavy atom. The third-order valence-corrected chi connectivity index (χ3v) is 3.44. The number of rotatable bonds is 5. The number of aliphatic carboxylic acids is 2. The van der Waals surface area contributed by atoms with E-state index >= 15 is 0 Å². The van der Waals surface area contributed by atoms with E-state index in [0.717, 1.165) is 25.7 Å². The van der Waals surface area contributed by atoms with Crippen molar-refractivity contribution in [3.63, 3.8) is 0 Å². The van der Waals surface area contributed by atoms with Gasteiger partial charge in [-0.15, -0.1) is 0 Å². The second kappa shape index (κ2) is 5.14. The molecule has 0 aromatic heterocycles. The number of hydrogen-bond acceptors (Lipinski definition) is 2. The topological polar surface area (TPSA) is 74.6 Å². The van der Waals surface area contributed by atoms with Crippen LogP contribution in [0.15, 0.2) is 0 Å². The lowest BCUT2D eigenvalue weighted by Gasteiger charge is -2.17. The minimum Gasteiger partial charge on any atom is -0.481 e. The highest BCUT2D eigenvalue weighted by Crippen LogP contribution is 2.38. The van der Waals surface area contributed by atoms with Gasteiger partial charge in [-0.2, -0.15) is 0 Å². The van der Waals surface area contributed by atoms with Gasteiger partial charge < -0.3 is 10.2 Å². The summed E-state index contributed by atoms with van der Waals surface area (Å²) in [6.07, 6.45) is 3.61. The summed E-state index contributed by atoms with van der Waals surface area (Å²) in [4.78, 5) is 21.5. The van der Waals surface area contributed by atoms with E-state index in [4.69, 9.17) is 10.2 Å². The molecule has 4 nitrogen and oxygen atoms in total. The van der Waals surface area contributed by atoms with E-state index in [1.165, 1.54) is 0 Å². The molecule has 4 heteroatoms. The van der Waals surface area contributed by atoms with Crippen LogP contribution < -0.4 is 0 Å². The fourth-order valence-electron chi connectivity index (χ4n) is 2.49. The second-order valence-electron chi connectivity index (χ2n) is 4.39. The predicted molar refractivity (Wildman–Crippen MR) is 54.5 cm³/mol. The molecule has 0 radical (unpaired) electrons. The van der Waals surface area contributed by atoms with Crippen molar-refractivity contribution in [2.75, 3.05) is 0 Å². The normalized spacial score (nSPS) is 27.5. The van der Waals surface area contributed by atoms with Gasteiger partial charge in [0.05, 0.1) is 12.3 Å². The summed E-state index contributed by atoms with van der Waals surface area (Å²) < 4.78 is 0. The summed E-state index contributed by atoms with van der Waals surface area (Å²) in [6.45, 7) is 2.10. The quantitative estimate of drug-likeness (QED) is 0.733. The standard InChI is InChI=1S/C11H18O4/c1-2-7-3-4-8(5-7)9(11(14)15)6-10(12)13/h7-9H,2-6H2,1H3,(H,12,13)(H,14,15)/t7-,8+,9+/m0/s1. The van der Waals surface area contributed by atoms with Gasteiger partial charge in [0.15, 0.2) is 0 Å². The Hall–Kier alpha value is -1.06. The maximum atomic E-state index is 11.0. The van der Waals surface area contributed by atoms with Crippen molar-refractivity contribution in [3.05, 3.63) is 0 Å². The molecule has 1 aliphatic rings. The van der Waals surface area contributed by atoms with Crippen LogP contribution in [0.25, 0.3) is 0 Å². The van der Waals surface area contributed by atoms with Gasteiger partial charge in [0, 0.05) is 0 Å². The van der Waals surface area contributed by atoms with Gasteiger partial charge in [0.1, 0.15) is 0 Å². The first-order chi connectivity index (χ1) is 7.04. The smallest absolute Gasteiger partial charge is 0.307 e. The molecule has 1 aliphatic carbocycles. The molecule has 0 aromatic rings. The molecular weight excluding hydrogens is 196 g/mol. The molecule has 0 bridgehead atoms. The molecule has 2 N–H and O–H groups in total. The highest BCUT2D eigenvalue weighted by Gasteiger charge is 2.35. The van der Waals surface area contributed by atoms with Gasteiger partial charge in [-0.3, -0.25) is 9.59 Å². The maximum Gasteiger partial charge on any atom is 0.307 e. The first-order valence-electron chi connectivity index (χ1n) is 5.49. The highest BCUT2D eigenvalue weighted by molar-refractivity contribution is 5.78. The lowest BCUT2D eigenvalue weighted by atomic mass is 9.87. The summed E-state index contributed by atoms with van der Waals surface area (Å²) in [5, 5.41) is 17.6. The van der Waals surface area contributed by atoms with Crippen molar-refractivity contribution in [1.29, 1.82) is 0 Å². The van der Waals surface area contributed by atoms with Gasteiger partial charge in [-0.05, 0) is 24.7 Å². The number of carbonyl (C=O) groups is 2. The molecule has 0 amide bonds. The van der Waals surface area contributed by atoms with Crippen molar-refractivity contribution >= 4 is 11.9 Å². The van der Waals surface area contributed by atoms with Crippen LogP contribution >= 0.6 is 0 Å². The molecular formula is C11H18O4. The van der Waals surface area contributed by atoms with E-state index in [9.17, 15) is 9.59 Å². The van der Waals surface area contributed by atoms with Crippen LogP contribution in [0.5, 0.6) is 0 Å². The van der Waals surface area contributed by atoms with Crippen LogP contribution in [-0.2, 0) is 9.59 Å². The van der Waals surface area contributed by atoms with Crippen molar-refractivity contribution in [2.24, 2.45) is 17.8 Å². The van der Waals surface area contributed by atoms with Crippen LogP contribution in [0.4, 0.5) is 0 Å². The van der Waals surface area contributed by atoms with Gasteiger partial charge in [0.25, 0.3) is 0 Å². The summed E-state index contributed by atoms with van der Waals surface area (Å²) in [6, 6.07) is 0. The Balaban J connectivity index is 2.57. The zero-order chi connectivity index (χ0) is 11.4. The minimum absolute atomic E-state index is 0.0588. The van der Waals surface area contributed by atoms with Gasteiger partial charge in [-0.25, -0.2) is 0 Å². The molecule has 3 atom stereocenters. The van der Waals surface area contributed by atoms with Crippen LogP contribution in [0, 0.1) is 17.8 Å². The number of hydrogen-bond donors (Lipinski definition) is 2. The van der Waals surface area contributed by atoms with Crippen LogP contribution in [-0.4, -0.2) is 22.2 Å². The lowest BCUT2D eigenvalue weighted by molar-refractivity contribution is -0.150. The summed E-state index contributed by atoms with van der Waals surface area (Å²) in [5.41, 5.74) is 0. The van der Waals surface area contributed by atoms with E-state index in [-0.39, 0.29) is 12.3 Å². The largest absolute Gasteiger partial charge is 0.481 e. The van der Waals surface area contributed by atoms with Crippen LogP contribution in [0.1, 0.15) is 39.0 Å². The number of carboxylic acids is 2. The van der Waals surface area contributed by atoms with Crippen LogP contribution in [0.2, 0.25) is 0 Å². The Morgan fingerprint density at radius 3 is 2.40 bits per heavy atom. The third-order valence-electron chi connectivity index (χ3n) is 3.44. The summed E-state index contributed by atoms with van der Waals surface area (Å²) >= 11 is 0. The van der Waals surface area contributed by atoms with Crippen molar-refractivity contribution in [1.82, 2.24) is 0 Å². The molecule has 0 heterocycles. The van der Waals surface area contributed by atoms with E-state index in [1.807, 2.05) is 0 Å². The Bertz CT molecular complexity index is 249. The molecule has 0 saturated heterocycles. The second-order valence-corrected chi connectivity index (χ2v) is 4.39. The molecule has 1 saturated carbocycles. The lowest BCUT2D eigenvalue weighted by Crippen LogP contribution is -2.25. The molecule has 0 spiro atoms. The Labute approximate surface area is 89.3 Å². The fourth-order valence-corrected chi connectivity index (χ4v) is 2.49. The third kappa shape index (κ3) is 3.22. The molecule has 1 fully saturated rings. The fraction of sp³-hybridized carbons (Fsp3) is 0.818.